The van der Waals surface area contributed by atoms with E-state index in [4.69, 9.17) is 4.74 Å². The lowest BCUT2D eigenvalue weighted by Crippen LogP contribution is -2.13. The van der Waals surface area contributed by atoms with Gasteiger partial charge < -0.3 is 4.74 Å². The summed E-state index contributed by atoms with van der Waals surface area (Å²) in [4.78, 5) is 0. The van der Waals surface area contributed by atoms with Crippen molar-refractivity contribution in [3.05, 3.63) is 53.6 Å². The predicted octanol–water partition coefficient (Wildman–Crippen LogP) is 6.71. The van der Waals surface area contributed by atoms with E-state index < -0.39 is 11.6 Å². The fraction of sp³-hybridized carbons (Fsp3) is 0.455. The van der Waals surface area contributed by atoms with E-state index in [0.29, 0.717) is 29.2 Å². The first-order valence-corrected chi connectivity index (χ1v) is 9.31. The topological polar surface area (TPSA) is 9.23 Å². The first-order valence-electron chi connectivity index (χ1n) is 9.31. The van der Waals surface area contributed by atoms with Gasteiger partial charge in [-0.3, -0.25) is 0 Å². The van der Waals surface area contributed by atoms with Gasteiger partial charge in [0.2, 0.25) is 0 Å². The van der Waals surface area contributed by atoms with Gasteiger partial charge in [0.1, 0.15) is 5.75 Å². The zero-order valence-electron chi connectivity index (χ0n) is 15.0. The molecule has 0 spiro atoms. The molecule has 2 aromatic rings. The minimum atomic E-state index is -0.738. The van der Waals surface area contributed by atoms with Gasteiger partial charge >= 0.3 is 0 Å². The third kappa shape index (κ3) is 4.02. The highest BCUT2D eigenvalue weighted by molar-refractivity contribution is 5.65. The summed E-state index contributed by atoms with van der Waals surface area (Å²) in [6.45, 7) is 4.92. The Balaban J connectivity index is 1.82. The Hall–Kier alpha value is -1.90. The molecule has 0 aliphatic heterocycles. The highest BCUT2D eigenvalue weighted by Crippen LogP contribution is 2.38. The van der Waals surface area contributed by atoms with E-state index in [2.05, 4.69) is 6.92 Å². The molecule has 0 atom stereocenters. The smallest absolute Gasteiger partial charge is 0.166 e. The number of halogens is 2. The second-order valence-corrected chi connectivity index (χ2v) is 7.16. The molecule has 1 nitrogen and oxygen atoms in total. The molecular formula is C22H26F2O. The van der Waals surface area contributed by atoms with Gasteiger partial charge in [-0.25, -0.2) is 8.78 Å². The van der Waals surface area contributed by atoms with Crippen molar-refractivity contribution in [1.82, 2.24) is 0 Å². The van der Waals surface area contributed by atoms with Gasteiger partial charge in [0.05, 0.1) is 6.61 Å². The average molecular weight is 344 g/mol. The first-order chi connectivity index (χ1) is 12.1. The molecule has 2 aromatic carbocycles. The second-order valence-electron chi connectivity index (χ2n) is 7.16. The zero-order chi connectivity index (χ0) is 17.8. The molecule has 0 unspecified atom stereocenters. The molecule has 0 heterocycles. The minimum Gasteiger partial charge on any atom is -0.494 e. The van der Waals surface area contributed by atoms with E-state index in [0.717, 1.165) is 37.9 Å². The summed E-state index contributed by atoms with van der Waals surface area (Å²) in [5, 5.41) is 0. The molecule has 0 radical (unpaired) electrons. The Morgan fingerprint density at radius 1 is 0.920 bits per heavy atom. The van der Waals surface area contributed by atoms with Crippen molar-refractivity contribution in [2.75, 3.05) is 6.61 Å². The van der Waals surface area contributed by atoms with Crippen LogP contribution in [0.15, 0.2) is 36.4 Å². The van der Waals surface area contributed by atoms with Crippen LogP contribution < -0.4 is 4.74 Å². The molecule has 3 rings (SSSR count). The van der Waals surface area contributed by atoms with Crippen LogP contribution in [0.3, 0.4) is 0 Å². The van der Waals surface area contributed by atoms with Gasteiger partial charge in [-0.05, 0) is 54.4 Å². The van der Waals surface area contributed by atoms with Crippen LogP contribution in [-0.2, 0) is 0 Å². The maximum atomic E-state index is 14.7. The summed E-state index contributed by atoms with van der Waals surface area (Å²) in [5.74, 6) is 0.169. The van der Waals surface area contributed by atoms with Crippen molar-refractivity contribution in [2.24, 2.45) is 5.92 Å². The zero-order valence-corrected chi connectivity index (χ0v) is 15.0. The molecule has 0 N–H and O–H groups in total. The number of ether oxygens (including phenoxy) is 1. The van der Waals surface area contributed by atoms with Gasteiger partial charge in [0, 0.05) is 5.56 Å². The lowest BCUT2D eigenvalue weighted by Gasteiger charge is -2.27. The van der Waals surface area contributed by atoms with Crippen LogP contribution in [0.25, 0.3) is 11.1 Å². The van der Waals surface area contributed by atoms with Crippen LogP contribution in [0.4, 0.5) is 8.78 Å². The maximum absolute atomic E-state index is 14.7. The Kier molecular flexibility index (Phi) is 5.72. The molecule has 0 aromatic heterocycles. The molecule has 1 saturated carbocycles. The molecule has 1 aliphatic rings. The van der Waals surface area contributed by atoms with Crippen molar-refractivity contribution < 1.29 is 13.5 Å². The van der Waals surface area contributed by atoms with E-state index >= 15 is 0 Å². The van der Waals surface area contributed by atoms with Crippen LogP contribution in [0.1, 0.15) is 57.4 Å². The van der Waals surface area contributed by atoms with Crippen molar-refractivity contribution in [2.45, 2.75) is 51.9 Å². The van der Waals surface area contributed by atoms with Crippen LogP contribution in [0.5, 0.6) is 5.75 Å². The van der Waals surface area contributed by atoms with E-state index in [-0.39, 0.29) is 5.92 Å². The largest absolute Gasteiger partial charge is 0.494 e. The van der Waals surface area contributed by atoms with E-state index in [1.54, 1.807) is 36.4 Å². The summed E-state index contributed by atoms with van der Waals surface area (Å²) in [6.07, 6.45) is 5.00. The van der Waals surface area contributed by atoms with Crippen molar-refractivity contribution in [3.63, 3.8) is 0 Å². The van der Waals surface area contributed by atoms with E-state index in [9.17, 15) is 8.78 Å². The lowest BCUT2D eigenvalue weighted by molar-refractivity contribution is 0.317. The number of hydrogen-bond donors (Lipinski definition) is 0. The molecule has 0 amide bonds. The molecule has 0 saturated heterocycles. The first kappa shape index (κ1) is 17.9. The molecule has 25 heavy (non-hydrogen) atoms. The Labute approximate surface area is 149 Å². The van der Waals surface area contributed by atoms with Crippen LogP contribution in [0.2, 0.25) is 0 Å². The molecule has 1 aliphatic carbocycles. The van der Waals surface area contributed by atoms with Gasteiger partial charge in [-0.1, -0.05) is 51.0 Å². The number of rotatable bonds is 5. The van der Waals surface area contributed by atoms with Crippen LogP contribution in [0, 0.1) is 17.6 Å². The normalized spacial score (nSPS) is 20.5. The summed E-state index contributed by atoms with van der Waals surface area (Å²) < 4.78 is 34.9. The Morgan fingerprint density at radius 2 is 1.60 bits per heavy atom. The average Bonchev–Trinajstić information content (AvgIpc) is 2.64. The molecule has 0 bridgehead atoms. The lowest BCUT2D eigenvalue weighted by atomic mass is 9.79. The van der Waals surface area contributed by atoms with Gasteiger partial charge in [0.25, 0.3) is 0 Å². The SMILES string of the molecule is CCCOc1ccc(-c2ccc(C3CCC(C)CC3)c(F)c2F)cc1. The second kappa shape index (κ2) is 7.99. The van der Waals surface area contributed by atoms with E-state index in [1.807, 2.05) is 6.92 Å². The fourth-order valence-corrected chi connectivity index (χ4v) is 3.62. The van der Waals surface area contributed by atoms with Crippen molar-refractivity contribution >= 4 is 0 Å². The Bertz CT molecular complexity index is 701. The van der Waals surface area contributed by atoms with E-state index in [1.165, 1.54) is 0 Å². The van der Waals surface area contributed by atoms with Crippen LogP contribution >= 0.6 is 0 Å². The quantitative estimate of drug-likeness (QED) is 0.585. The third-order valence-corrected chi connectivity index (χ3v) is 5.21. The Morgan fingerprint density at radius 3 is 2.24 bits per heavy atom. The molecule has 3 heteroatoms. The van der Waals surface area contributed by atoms with Crippen LogP contribution in [-0.4, -0.2) is 6.61 Å². The molecular weight excluding hydrogens is 318 g/mol. The summed E-state index contributed by atoms with van der Waals surface area (Å²) in [7, 11) is 0. The monoisotopic (exact) mass is 344 g/mol. The van der Waals surface area contributed by atoms with Gasteiger partial charge in [-0.15, -0.1) is 0 Å². The van der Waals surface area contributed by atoms with Gasteiger partial charge in [0.15, 0.2) is 11.6 Å². The highest BCUT2D eigenvalue weighted by Gasteiger charge is 2.25. The van der Waals surface area contributed by atoms with Gasteiger partial charge in [-0.2, -0.15) is 0 Å². The minimum absolute atomic E-state index is 0.143. The number of hydrogen-bond acceptors (Lipinski definition) is 1. The number of benzene rings is 2. The summed E-state index contributed by atoms with van der Waals surface area (Å²) >= 11 is 0. The third-order valence-electron chi connectivity index (χ3n) is 5.21. The summed E-state index contributed by atoms with van der Waals surface area (Å²) in [6, 6.07) is 10.7. The predicted molar refractivity (Wildman–Crippen MR) is 98.0 cm³/mol. The fourth-order valence-electron chi connectivity index (χ4n) is 3.62. The van der Waals surface area contributed by atoms with Crippen molar-refractivity contribution in [3.8, 4) is 16.9 Å². The molecule has 134 valence electrons. The highest BCUT2D eigenvalue weighted by atomic mass is 19.2. The standard InChI is InChI=1S/C22H26F2O/c1-3-14-25-18-10-8-17(9-11-18)20-13-12-19(21(23)22(20)24)16-6-4-15(2)5-7-16/h8-13,15-16H,3-7,14H2,1-2H3. The maximum Gasteiger partial charge on any atom is 0.166 e. The molecule has 1 fully saturated rings. The summed E-state index contributed by atoms with van der Waals surface area (Å²) in [5.41, 5.74) is 1.52. The van der Waals surface area contributed by atoms with Crippen molar-refractivity contribution in [1.29, 1.82) is 0 Å².